The number of halogens is 1. The lowest BCUT2D eigenvalue weighted by Crippen LogP contribution is -2.43. The Morgan fingerprint density at radius 2 is 1.62 bits per heavy atom. The summed E-state index contributed by atoms with van der Waals surface area (Å²) in [4.78, 5) is 2.25. The number of likely N-dealkylation sites (tertiary alicyclic amines) is 1. The molecular formula is C12H18BrNO2. The van der Waals surface area contributed by atoms with Crippen molar-refractivity contribution in [2.75, 3.05) is 13.1 Å². The van der Waals surface area contributed by atoms with E-state index in [0.717, 1.165) is 19.6 Å². The lowest BCUT2D eigenvalue weighted by atomic mass is 10.0. The molecule has 2 rings (SSSR count). The van der Waals surface area contributed by atoms with Gasteiger partial charge in [-0.05, 0) is 5.56 Å². The maximum atomic E-state index is 9.39. The van der Waals surface area contributed by atoms with Gasteiger partial charge in [-0.2, -0.15) is 0 Å². The number of aliphatic hydroxyl groups is 2. The highest BCUT2D eigenvalue weighted by molar-refractivity contribution is 8.93. The van der Waals surface area contributed by atoms with E-state index in [4.69, 9.17) is 0 Å². The fourth-order valence-electron chi connectivity index (χ4n) is 1.91. The molecule has 1 aromatic rings. The molecule has 0 aliphatic carbocycles. The molecule has 0 atom stereocenters. The van der Waals surface area contributed by atoms with E-state index in [0.29, 0.717) is 12.8 Å². The van der Waals surface area contributed by atoms with Gasteiger partial charge in [0.05, 0.1) is 0 Å². The topological polar surface area (TPSA) is 43.7 Å². The van der Waals surface area contributed by atoms with Crippen molar-refractivity contribution in [3.8, 4) is 0 Å². The van der Waals surface area contributed by atoms with E-state index < -0.39 is 5.79 Å². The number of rotatable bonds is 2. The summed E-state index contributed by atoms with van der Waals surface area (Å²) >= 11 is 0. The van der Waals surface area contributed by atoms with E-state index in [1.807, 2.05) is 18.2 Å². The second kappa shape index (κ2) is 5.77. The first-order chi connectivity index (χ1) is 7.16. The molecule has 1 aliphatic rings. The van der Waals surface area contributed by atoms with Crippen LogP contribution in [0.3, 0.4) is 0 Å². The molecular weight excluding hydrogens is 270 g/mol. The van der Waals surface area contributed by atoms with Gasteiger partial charge in [0.15, 0.2) is 5.79 Å². The molecule has 0 bridgehead atoms. The number of piperidine rings is 1. The first kappa shape index (κ1) is 13.6. The minimum Gasteiger partial charge on any atom is -0.366 e. The fourth-order valence-corrected chi connectivity index (χ4v) is 1.91. The van der Waals surface area contributed by atoms with E-state index in [2.05, 4.69) is 17.0 Å². The molecule has 0 saturated carbocycles. The van der Waals surface area contributed by atoms with Gasteiger partial charge in [-0.25, -0.2) is 0 Å². The molecule has 90 valence electrons. The first-order valence-corrected chi connectivity index (χ1v) is 5.37. The number of benzene rings is 1. The number of hydrogen-bond donors (Lipinski definition) is 2. The van der Waals surface area contributed by atoms with Crippen molar-refractivity contribution in [3.63, 3.8) is 0 Å². The molecule has 1 saturated heterocycles. The van der Waals surface area contributed by atoms with E-state index >= 15 is 0 Å². The summed E-state index contributed by atoms with van der Waals surface area (Å²) in [6, 6.07) is 10.3. The van der Waals surface area contributed by atoms with Gasteiger partial charge in [0, 0.05) is 32.5 Å². The summed E-state index contributed by atoms with van der Waals surface area (Å²) in [6.07, 6.45) is 0.889. The molecule has 3 nitrogen and oxygen atoms in total. The molecule has 1 aliphatic heterocycles. The lowest BCUT2D eigenvalue weighted by molar-refractivity contribution is -0.189. The summed E-state index contributed by atoms with van der Waals surface area (Å²) in [5.74, 6) is -1.44. The quantitative estimate of drug-likeness (QED) is 0.811. The van der Waals surface area contributed by atoms with E-state index in [1.54, 1.807) is 0 Å². The largest absolute Gasteiger partial charge is 0.366 e. The second-order valence-corrected chi connectivity index (χ2v) is 4.24. The normalized spacial score (nSPS) is 20.1. The summed E-state index contributed by atoms with van der Waals surface area (Å²) in [5, 5.41) is 18.8. The van der Waals surface area contributed by atoms with Crippen molar-refractivity contribution >= 4 is 17.0 Å². The Morgan fingerprint density at radius 1 is 1.06 bits per heavy atom. The van der Waals surface area contributed by atoms with Crippen LogP contribution in [-0.2, 0) is 6.54 Å². The zero-order valence-corrected chi connectivity index (χ0v) is 10.9. The molecule has 0 amide bonds. The highest BCUT2D eigenvalue weighted by Gasteiger charge is 2.29. The van der Waals surface area contributed by atoms with E-state index in [9.17, 15) is 10.2 Å². The Labute approximate surface area is 106 Å². The third-order valence-electron chi connectivity index (χ3n) is 2.91. The first-order valence-electron chi connectivity index (χ1n) is 5.37. The third kappa shape index (κ3) is 3.87. The Kier molecular flexibility index (Phi) is 4.92. The van der Waals surface area contributed by atoms with Crippen LogP contribution in [0.2, 0.25) is 0 Å². The minimum atomic E-state index is -1.44. The maximum Gasteiger partial charge on any atom is 0.164 e. The average Bonchev–Trinajstić information content (AvgIpc) is 2.23. The highest BCUT2D eigenvalue weighted by Crippen LogP contribution is 2.20. The van der Waals surface area contributed by atoms with Gasteiger partial charge in [-0.1, -0.05) is 30.3 Å². The van der Waals surface area contributed by atoms with Crippen molar-refractivity contribution in [2.24, 2.45) is 0 Å². The molecule has 16 heavy (non-hydrogen) atoms. The smallest absolute Gasteiger partial charge is 0.164 e. The van der Waals surface area contributed by atoms with E-state index in [1.165, 1.54) is 5.56 Å². The fraction of sp³-hybridized carbons (Fsp3) is 0.500. The molecule has 1 heterocycles. The predicted octanol–water partition coefficient (Wildman–Crippen LogP) is 1.54. The lowest BCUT2D eigenvalue weighted by Gasteiger charge is -2.34. The molecule has 0 spiro atoms. The summed E-state index contributed by atoms with van der Waals surface area (Å²) < 4.78 is 0. The zero-order chi connectivity index (χ0) is 10.7. The molecule has 1 aromatic carbocycles. The van der Waals surface area contributed by atoms with Crippen LogP contribution in [0.5, 0.6) is 0 Å². The van der Waals surface area contributed by atoms with Gasteiger partial charge < -0.3 is 10.2 Å². The van der Waals surface area contributed by atoms with Crippen molar-refractivity contribution in [2.45, 2.75) is 25.2 Å². The number of nitrogens with zero attached hydrogens (tertiary/aromatic N) is 1. The van der Waals surface area contributed by atoms with Crippen LogP contribution in [0.15, 0.2) is 30.3 Å². The predicted molar refractivity (Wildman–Crippen MR) is 68.4 cm³/mol. The monoisotopic (exact) mass is 287 g/mol. The van der Waals surface area contributed by atoms with Crippen molar-refractivity contribution < 1.29 is 10.2 Å². The molecule has 1 fully saturated rings. The third-order valence-corrected chi connectivity index (χ3v) is 2.91. The van der Waals surface area contributed by atoms with Gasteiger partial charge >= 0.3 is 0 Å². The van der Waals surface area contributed by atoms with Crippen LogP contribution in [0.4, 0.5) is 0 Å². The average molecular weight is 288 g/mol. The molecule has 0 unspecified atom stereocenters. The zero-order valence-electron chi connectivity index (χ0n) is 9.17. The van der Waals surface area contributed by atoms with Crippen molar-refractivity contribution in [1.29, 1.82) is 0 Å². The standard InChI is InChI=1S/C12H17NO2.BrH/c14-12(15)6-8-13(9-7-12)10-11-4-2-1-3-5-11;/h1-5,14-15H,6-10H2;1H. The highest BCUT2D eigenvalue weighted by atomic mass is 79.9. The summed E-state index contributed by atoms with van der Waals surface area (Å²) in [7, 11) is 0. The van der Waals surface area contributed by atoms with Crippen LogP contribution in [-0.4, -0.2) is 34.0 Å². The van der Waals surface area contributed by atoms with Crippen LogP contribution in [0.1, 0.15) is 18.4 Å². The molecule has 2 N–H and O–H groups in total. The Hall–Kier alpha value is -0.420. The van der Waals surface area contributed by atoms with Crippen LogP contribution < -0.4 is 0 Å². The van der Waals surface area contributed by atoms with Gasteiger partial charge in [-0.15, -0.1) is 17.0 Å². The summed E-state index contributed by atoms with van der Waals surface area (Å²) in [5.41, 5.74) is 1.28. The Balaban J connectivity index is 0.00000128. The van der Waals surface area contributed by atoms with Gasteiger partial charge in [-0.3, -0.25) is 4.90 Å². The van der Waals surface area contributed by atoms with Crippen LogP contribution in [0.25, 0.3) is 0 Å². The molecule has 4 heteroatoms. The van der Waals surface area contributed by atoms with Gasteiger partial charge in [0.25, 0.3) is 0 Å². The number of hydrogen-bond acceptors (Lipinski definition) is 3. The van der Waals surface area contributed by atoms with Gasteiger partial charge in [0.1, 0.15) is 0 Å². The molecule has 0 aromatic heterocycles. The Morgan fingerprint density at radius 3 is 2.19 bits per heavy atom. The van der Waals surface area contributed by atoms with Crippen molar-refractivity contribution in [1.82, 2.24) is 4.90 Å². The van der Waals surface area contributed by atoms with Crippen LogP contribution in [0, 0.1) is 0 Å². The second-order valence-electron chi connectivity index (χ2n) is 4.24. The maximum absolute atomic E-state index is 9.39. The Bertz CT molecular complexity index is 306. The SMILES string of the molecule is Br.OC1(O)CCN(Cc2ccccc2)CC1. The molecule has 0 radical (unpaired) electrons. The van der Waals surface area contributed by atoms with E-state index in [-0.39, 0.29) is 17.0 Å². The minimum absolute atomic E-state index is 0. The summed E-state index contributed by atoms with van der Waals surface area (Å²) in [6.45, 7) is 2.40. The van der Waals surface area contributed by atoms with Crippen LogP contribution >= 0.6 is 17.0 Å². The van der Waals surface area contributed by atoms with Crippen molar-refractivity contribution in [3.05, 3.63) is 35.9 Å². The van der Waals surface area contributed by atoms with Gasteiger partial charge in [0.2, 0.25) is 0 Å².